The molecule has 0 bridgehead atoms. The highest BCUT2D eigenvalue weighted by molar-refractivity contribution is 5.78. The lowest BCUT2D eigenvalue weighted by Gasteiger charge is -2.03. The molecule has 0 saturated heterocycles. The van der Waals surface area contributed by atoms with E-state index in [1.807, 2.05) is 0 Å². The highest BCUT2D eigenvalue weighted by Gasteiger charge is 2.24. The average molecular weight is 183 g/mol. The normalized spacial score (nSPS) is 14.8. The monoisotopic (exact) mass is 183 g/mol. The molecule has 0 spiro atoms. The zero-order valence-corrected chi connectivity index (χ0v) is 6.55. The van der Waals surface area contributed by atoms with Gasteiger partial charge in [-0.3, -0.25) is 4.99 Å². The molecule has 0 saturated carbocycles. The highest BCUT2D eigenvalue weighted by Crippen LogP contribution is 2.11. The van der Waals surface area contributed by atoms with Gasteiger partial charge in [-0.15, -0.1) is 0 Å². The van der Waals surface area contributed by atoms with Gasteiger partial charge >= 0.3 is 12.1 Å². The van der Waals surface area contributed by atoms with Crippen LogP contribution in [0.25, 0.3) is 0 Å². The van der Waals surface area contributed by atoms with Crippen LogP contribution in [0.5, 0.6) is 0 Å². The van der Waals surface area contributed by atoms with Crippen LogP contribution in [0.4, 0.5) is 13.2 Å². The van der Waals surface area contributed by atoms with Crippen molar-refractivity contribution >= 4 is 12.2 Å². The molecule has 0 aliphatic carbocycles. The molecule has 0 unspecified atom stereocenters. The van der Waals surface area contributed by atoms with Crippen molar-refractivity contribution in [2.45, 2.75) is 19.1 Å². The summed E-state index contributed by atoms with van der Waals surface area (Å²) < 4.78 is 38.6. The van der Waals surface area contributed by atoms with E-state index < -0.39 is 18.2 Å². The molecule has 1 atom stereocenters. The molecule has 6 heteroatoms. The van der Waals surface area contributed by atoms with E-state index in [1.54, 1.807) is 0 Å². The Morgan fingerprint density at radius 1 is 1.58 bits per heavy atom. The van der Waals surface area contributed by atoms with Crippen LogP contribution in [0.1, 0.15) is 6.92 Å². The van der Waals surface area contributed by atoms with Crippen LogP contribution < -0.4 is 0 Å². The summed E-state index contributed by atoms with van der Waals surface area (Å²) >= 11 is 0. The molecule has 3 nitrogen and oxygen atoms in total. The Balaban J connectivity index is 4.09. The standard InChI is InChI=1S/C6H8F3NO2/c1-4(5(11)12-2)10-3-6(7,8)9/h3-4H,1-2H3/t4-/m0/s1. The third-order valence-electron chi connectivity index (χ3n) is 0.987. The third kappa shape index (κ3) is 4.70. The number of ether oxygens (including phenoxy) is 1. The van der Waals surface area contributed by atoms with Crippen molar-refractivity contribution in [1.29, 1.82) is 0 Å². The number of alkyl halides is 3. The summed E-state index contributed by atoms with van der Waals surface area (Å²) in [6.45, 7) is 1.22. The van der Waals surface area contributed by atoms with E-state index in [2.05, 4.69) is 9.73 Å². The van der Waals surface area contributed by atoms with Crippen molar-refractivity contribution in [3.05, 3.63) is 0 Å². The molecule has 0 heterocycles. The number of nitrogens with zero attached hydrogens (tertiary/aromatic N) is 1. The minimum Gasteiger partial charge on any atom is -0.467 e. The first-order valence-electron chi connectivity index (χ1n) is 3.05. The van der Waals surface area contributed by atoms with Crippen LogP contribution in [0.3, 0.4) is 0 Å². The fraction of sp³-hybridized carbons (Fsp3) is 0.667. The highest BCUT2D eigenvalue weighted by atomic mass is 19.4. The molecule has 0 aliphatic heterocycles. The van der Waals surface area contributed by atoms with E-state index in [9.17, 15) is 18.0 Å². The zero-order valence-electron chi connectivity index (χ0n) is 6.55. The summed E-state index contributed by atoms with van der Waals surface area (Å²) in [5.41, 5.74) is 0. The summed E-state index contributed by atoms with van der Waals surface area (Å²) in [4.78, 5) is 13.5. The Labute approximate surface area is 67.2 Å². The van der Waals surface area contributed by atoms with Gasteiger partial charge in [0.05, 0.1) is 7.11 Å². The van der Waals surface area contributed by atoms with E-state index in [4.69, 9.17) is 0 Å². The van der Waals surface area contributed by atoms with Crippen molar-refractivity contribution in [3.63, 3.8) is 0 Å². The number of aliphatic imine (C=N–C) groups is 1. The quantitative estimate of drug-likeness (QED) is 0.476. The first kappa shape index (κ1) is 10.9. The first-order valence-corrected chi connectivity index (χ1v) is 3.05. The van der Waals surface area contributed by atoms with Gasteiger partial charge in [-0.05, 0) is 6.92 Å². The molecule has 0 amide bonds. The lowest BCUT2D eigenvalue weighted by atomic mass is 10.4. The summed E-state index contributed by atoms with van der Waals surface area (Å²) in [5, 5.41) is 0. The van der Waals surface area contributed by atoms with Crippen LogP contribution in [-0.4, -0.2) is 31.5 Å². The number of methoxy groups -OCH3 is 1. The second kappa shape index (κ2) is 4.08. The summed E-state index contributed by atoms with van der Waals surface area (Å²) in [7, 11) is 1.09. The number of halogens is 3. The average Bonchev–Trinajstić information content (AvgIpc) is 1.97. The predicted molar refractivity (Wildman–Crippen MR) is 36.0 cm³/mol. The van der Waals surface area contributed by atoms with Crippen molar-refractivity contribution in [3.8, 4) is 0 Å². The molecule has 0 aromatic heterocycles. The third-order valence-corrected chi connectivity index (χ3v) is 0.987. The van der Waals surface area contributed by atoms with Crippen molar-refractivity contribution in [1.82, 2.24) is 0 Å². The molecule has 0 aromatic carbocycles. The number of hydrogen-bond acceptors (Lipinski definition) is 3. The molecule has 0 N–H and O–H groups in total. The summed E-state index contributed by atoms with van der Waals surface area (Å²) in [5.74, 6) is -0.796. The summed E-state index contributed by atoms with van der Waals surface area (Å²) in [6.07, 6.45) is -4.71. The van der Waals surface area contributed by atoms with Gasteiger partial charge in [0.25, 0.3) is 0 Å². The zero-order chi connectivity index (χ0) is 9.78. The van der Waals surface area contributed by atoms with Crippen LogP contribution in [0.15, 0.2) is 4.99 Å². The maximum atomic E-state index is 11.5. The van der Waals surface area contributed by atoms with E-state index >= 15 is 0 Å². The number of hydrogen-bond donors (Lipinski definition) is 0. The maximum absolute atomic E-state index is 11.5. The van der Waals surface area contributed by atoms with Crippen LogP contribution in [-0.2, 0) is 9.53 Å². The Morgan fingerprint density at radius 2 is 2.08 bits per heavy atom. The lowest BCUT2D eigenvalue weighted by molar-refractivity contribution is -0.141. The minimum absolute atomic E-state index is 0.228. The topological polar surface area (TPSA) is 38.7 Å². The fourth-order valence-electron chi connectivity index (χ4n) is 0.428. The lowest BCUT2D eigenvalue weighted by Crippen LogP contribution is -2.19. The minimum atomic E-state index is -4.48. The van der Waals surface area contributed by atoms with Gasteiger partial charge in [-0.25, -0.2) is 4.79 Å². The SMILES string of the molecule is COC(=O)[C@H](C)N=CC(F)(F)F. The Morgan fingerprint density at radius 3 is 2.42 bits per heavy atom. The molecule has 0 aromatic rings. The number of esters is 1. The van der Waals surface area contributed by atoms with Gasteiger partial charge in [0.2, 0.25) is 0 Å². The van der Waals surface area contributed by atoms with Crippen molar-refractivity contribution in [2.75, 3.05) is 7.11 Å². The van der Waals surface area contributed by atoms with Crippen LogP contribution in [0.2, 0.25) is 0 Å². The Bertz CT molecular complexity index is 188. The van der Waals surface area contributed by atoms with E-state index in [0.29, 0.717) is 0 Å². The second-order valence-corrected chi connectivity index (χ2v) is 2.02. The van der Waals surface area contributed by atoms with Gasteiger partial charge in [0.1, 0.15) is 12.3 Å². The van der Waals surface area contributed by atoms with Gasteiger partial charge in [0.15, 0.2) is 0 Å². The number of carbonyl (C=O) groups excluding carboxylic acids is 1. The van der Waals surface area contributed by atoms with Gasteiger partial charge in [-0.2, -0.15) is 13.2 Å². The molecule has 0 fully saturated rings. The van der Waals surface area contributed by atoms with Gasteiger partial charge in [-0.1, -0.05) is 0 Å². The van der Waals surface area contributed by atoms with Crippen LogP contribution in [0, 0.1) is 0 Å². The van der Waals surface area contributed by atoms with Gasteiger partial charge in [0, 0.05) is 0 Å². The molecule has 12 heavy (non-hydrogen) atoms. The molecule has 0 aliphatic rings. The van der Waals surface area contributed by atoms with Crippen LogP contribution >= 0.6 is 0 Å². The first-order chi connectivity index (χ1) is 5.37. The fourth-order valence-corrected chi connectivity index (χ4v) is 0.428. The predicted octanol–water partition coefficient (Wildman–Crippen LogP) is 1.18. The van der Waals surface area contributed by atoms with E-state index in [0.717, 1.165) is 7.11 Å². The molecule has 0 radical (unpaired) electrons. The number of rotatable bonds is 2. The molecular weight excluding hydrogens is 175 g/mol. The van der Waals surface area contributed by atoms with Crippen molar-refractivity contribution in [2.24, 2.45) is 4.99 Å². The van der Waals surface area contributed by atoms with E-state index in [-0.39, 0.29) is 6.21 Å². The van der Waals surface area contributed by atoms with Crippen molar-refractivity contribution < 1.29 is 22.7 Å². The maximum Gasteiger partial charge on any atom is 0.426 e. The smallest absolute Gasteiger partial charge is 0.426 e. The van der Waals surface area contributed by atoms with E-state index in [1.165, 1.54) is 6.92 Å². The summed E-state index contributed by atoms with van der Waals surface area (Å²) in [6, 6.07) is -1.11. The number of carbonyl (C=O) groups is 1. The second-order valence-electron chi connectivity index (χ2n) is 2.02. The Kier molecular flexibility index (Phi) is 3.72. The molecular formula is C6H8F3NO2. The largest absolute Gasteiger partial charge is 0.467 e. The molecule has 0 rings (SSSR count). The Hall–Kier alpha value is -1.07. The molecule has 70 valence electrons. The van der Waals surface area contributed by atoms with Gasteiger partial charge < -0.3 is 4.74 Å².